The van der Waals surface area contributed by atoms with Crippen molar-refractivity contribution in [3.05, 3.63) is 35.9 Å². The Morgan fingerprint density at radius 1 is 1.30 bits per heavy atom. The third-order valence-electron chi connectivity index (χ3n) is 3.88. The van der Waals surface area contributed by atoms with Crippen LogP contribution >= 0.6 is 0 Å². The lowest BCUT2D eigenvalue weighted by Gasteiger charge is -2.35. The minimum atomic E-state index is -1.89. The molecule has 1 aliphatic heterocycles. The van der Waals surface area contributed by atoms with Gasteiger partial charge in [0.2, 0.25) is 0 Å². The van der Waals surface area contributed by atoms with Gasteiger partial charge >= 0.3 is 12.1 Å². The number of carboxylic acid groups (broad SMARTS) is 1. The highest BCUT2D eigenvalue weighted by Gasteiger charge is 2.56. The van der Waals surface area contributed by atoms with Crippen LogP contribution < -0.4 is 0 Å². The predicted molar refractivity (Wildman–Crippen MR) is 82.9 cm³/mol. The van der Waals surface area contributed by atoms with E-state index in [2.05, 4.69) is 0 Å². The van der Waals surface area contributed by atoms with Gasteiger partial charge in [-0.25, -0.2) is 9.59 Å². The molecule has 0 aromatic heterocycles. The number of carbonyl (C=O) groups excluding carboxylic acids is 2. The van der Waals surface area contributed by atoms with E-state index in [1.54, 1.807) is 20.8 Å². The Balaban J connectivity index is 2.46. The van der Waals surface area contributed by atoms with E-state index >= 15 is 0 Å². The van der Waals surface area contributed by atoms with E-state index in [4.69, 9.17) is 4.74 Å². The maximum Gasteiger partial charge on any atom is 0.412 e. The van der Waals surface area contributed by atoms with Crippen LogP contribution in [0.1, 0.15) is 45.2 Å². The number of aliphatic carboxylic acids is 1. The Bertz CT molecular complexity index is 607. The zero-order valence-corrected chi connectivity index (χ0v) is 13.5. The van der Waals surface area contributed by atoms with E-state index in [-0.39, 0.29) is 6.42 Å². The Hall–Kier alpha value is -2.37. The largest absolute Gasteiger partial charge is 0.479 e. The molecule has 0 spiro atoms. The number of nitrogens with zero attached hydrogens (tertiary/aromatic N) is 1. The fraction of sp³-hybridized carbons (Fsp3) is 0.471. The lowest BCUT2D eigenvalue weighted by molar-refractivity contribution is -0.152. The van der Waals surface area contributed by atoms with Crippen LogP contribution in [-0.4, -0.2) is 39.5 Å². The summed E-state index contributed by atoms with van der Waals surface area (Å²) in [5.41, 5.74) is -1.89. The molecule has 6 heteroatoms. The average molecular weight is 319 g/mol. The Kier molecular flexibility index (Phi) is 4.45. The van der Waals surface area contributed by atoms with Gasteiger partial charge in [0.15, 0.2) is 11.8 Å². The molecule has 0 radical (unpaired) electrons. The summed E-state index contributed by atoms with van der Waals surface area (Å²) in [5, 5.41) is 9.57. The van der Waals surface area contributed by atoms with Crippen LogP contribution in [0.25, 0.3) is 0 Å². The second kappa shape index (κ2) is 6.02. The summed E-state index contributed by atoms with van der Waals surface area (Å²) in [7, 11) is 0. The molecule has 1 aromatic carbocycles. The van der Waals surface area contributed by atoms with Crippen molar-refractivity contribution in [3.8, 4) is 0 Å². The number of hydrogen-bond acceptors (Lipinski definition) is 4. The van der Waals surface area contributed by atoms with Gasteiger partial charge in [0, 0.05) is 0 Å². The maximum atomic E-state index is 12.6. The first-order valence-electron chi connectivity index (χ1n) is 7.48. The number of aldehydes is 1. The molecule has 1 fully saturated rings. The molecule has 1 saturated heterocycles. The van der Waals surface area contributed by atoms with Crippen LogP contribution in [0.5, 0.6) is 0 Å². The van der Waals surface area contributed by atoms with Crippen LogP contribution in [0, 0.1) is 0 Å². The second-order valence-electron chi connectivity index (χ2n) is 6.66. The van der Waals surface area contributed by atoms with E-state index in [0.29, 0.717) is 12.7 Å². The molecular weight excluding hydrogens is 298 g/mol. The van der Waals surface area contributed by atoms with Crippen molar-refractivity contribution in [3.63, 3.8) is 0 Å². The van der Waals surface area contributed by atoms with E-state index in [0.717, 1.165) is 10.5 Å². The van der Waals surface area contributed by atoms with Crippen LogP contribution in [0.4, 0.5) is 4.79 Å². The lowest BCUT2D eigenvalue weighted by atomic mass is 9.99. The summed E-state index contributed by atoms with van der Waals surface area (Å²) < 4.78 is 5.35. The summed E-state index contributed by atoms with van der Waals surface area (Å²) in [6.45, 7) is 5.09. The molecule has 1 aromatic rings. The number of ether oxygens (including phenoxy) is 1. The minimum Gasteiger partial charge on any atom is -0.479 e. The number of rotatable bonds is 3. The van der Waals surface area contributed by atoms with E-state index in [1.165, 1.54) is 0 Å². The Labute approximate surface area is 135 Å². The Morgan fingerprint density at radius 2 is 1.91 bits per heavy atom. The van der Waals surface area contributed by atoms with Crippen molar-refractivity contribution in [2.45, 2.75) is 50.8 Å². The number of amides is 1. The van der Waals surface area contributed by atoms with Crippen LogP contribution in [0.15, 0.2) is 30.3 Å². The van der Waals surface area contributed by atoms with Crippen LogP contribution in [-0.2, 0) is 14.3 Å². The topological polar surface area (TPSA) is 83.9 Å². The van der Waals surface area contributed by atoms with Gasteiger partial charge in [-0.15, -0.1) is 0 Å². The summed E-state index contributed by atoms with van der Waals surface area (Å²) in [6, 6.07) is 8.57. The van der Waals surface area contributed by atoms with Crippen molar-refractivity contribution in [1.29, 1.82) is 0 Å². The van der Waals surface area contributed by atoms with Gasteiger partial charge in [0.25, 0.3) is 0 Å². The number of carboxylic acids is 1. The first-order valence-corrected chi connectivity index (χ1v) is 7.48. The zero-order chi connectivity index (χ0) is 17.3. The van der Waals surface area contributed by atoms with E-state index in [1.807, 2.05) is 30.3 Å². The lowest BCUT2D eigenvalue weighted by Crippen LogP contribution is -2.56. The zero-order valence-electron chi connectivity index (χ0n) is 13.5. The first kappa shape index (κ1) is 17.0. The maximum absolute atomic E-state index is 12.6. The molecule has 0 saturated carbocycles. The molecule has 2 rings (SSSR count). The van der Waals surface area contributed by atoms with Gasteiger partial charge in [-0.3, -0.25) is 4.90 Å². The number of benzene rings is 1. The summed E-state index contributed by atoms with van der Waals surface area (Å²) in [5.74, 6) is -1.34. The molecule has 0 aliphatic carbocycles. The Morgan fingerprint density at radius 3 is 2.39 bits per heavy atom. The van der Waals surface area contributed by atoms with Crippen molar-refractivity contribution >= 4 is 18.3 Å². The molecule has 1 heterocycles. The molecule has 23 heavy (non-hydrogen) atoms. The molecule has 0 bridgehead atoms. The highest BCUT2D eigenvalue weighted by Crippen LogP contribution is 2.42. The standard InChI is InChI=1S/C17H21NO5/c1-16(2,3)23-15(22)18-13(12-7-5-4-6-8-12)9-10-17(18,11-19)14(20)21/h4-8,11,13H,9-10H2,1-3H3,(H,20,21)/t13-,17-/m0/s1. The number of likely N-dealkylation sites (tertiary alicyclic amines) is 1. The third-order valence-corrected chi connectivity index (χ3v) is 3.88. The van der Waals surface area contributed by atoms with Crippen LogP contribution in [0.2, 0.25) is 0 Å². The van der Waals surface area contributed by atoms with E-state index < -0.39 is 29.2 Å². The van der Waals surface area contributed by atoms with Crippen LogP contribution in [0.3, 0.4) is 0 Å². The summed E-state index contributed by atoms with van der Waals surface area (Å²) in [4.78, 5) is 37.0. The van der Waals surface area contributed by atoms with Crippen molar-refractivity contribution in [1.82, 2.24) is 4.90 Å². The number of hydrogen-bond donors (Lipinski definition) is 1. The molecule has 6 nitrogen and oxygen atoms in total. The third kappa shape index (κ3) is 3.21. The SMILES string of the molecule is CC(C)(C)OC(=O)N1[C@H](c2ccccc2)CC[C@]1(C=O)C(=O)O. The first-order chi connectivity index (χ1) is 10.7. The van der Waals surface area contributed by atoms with Gasteiger partial charge < -0.3 is 14.6 Å². The normalized spacial score (nSPS) is 24.3. The predicted octanol–water partition coefficient (Wildman–Crippen LogP) is 2.78. The molecule has 2 atom stereocenters. The minimum absolute atomic E-state index is 0.0602. The van der Waals surface area contributed by atoms with Gasteiger partial charge in [0.05, 0.1) is 6.04 Å². The fourth-order valence-corrected chi connectivity index (χ4v) is 2.85. The summed E-state index contributed by atoms with van der Waals surface area (Å²) >= 11 is 0. The van der Waals surface area contributed by atoms with Crippen molar-refractivity contribution in [2.75, 3.05) is 0 Å². The average Bonchev–Trinajstić information content (AvgIpc) is 2.87. The van der Waals surface area contributed by atoms with Gasteiger partial charge in [0.1, 0.15) is 5.60 Å². The molecule has 1 amide bonds. The highest BCUT2D eigenvalue weighted by molar-refractivity contribution is 6.01. The summed E-state index contributed by atoms with van der Waals surface area (Å²) in [6.07, 6.45) is -0.0143. The highest BCUT2D eigenvalue weighted by atomic mass is 16.6. The smallest absolute Gasteiger partial charge is 0.412 e. The molecule has 0 unspecified atom stereocenters. The molecule has 124 valence electrons. The second-order valence-corrected chi connectivity index (χ2v) is 6.66. The van der Waals surface area contributed by atoms with Gasteiger partial charge in [-0.2, -0.15) is 0 Å². The van der Waals surface area contributed by atoms with Crippen molar-refractivity contribution in [2.24, 2.45) is 0 Å². The quantitative estimate of drug-likeness (QED) is 0.684. The van der Waals surface area contributed by atoms with E-state index in [9.17, 15) is 19.5 Å². The molecular formula is C17H21NO5. The number of carbonyl (C=O) groups is 3. The molecule has 1 aliphatic rings. The monoisotopic (exact) mass is 319 g/mol. The molecule has 1 N–H and O–H groups in total. The van der Waals surface area contributed by atoms with Gasteiger partial charge in [-0.1, -0.05) is 30.3 Å². The van der Waals surface area contributed by atoms with Crippen molar-refractivity contribution < 1.29 is 24.2 Å². The fourth-order valence-electron chi connectivity index (χ4n) is 2.85. The van der Waals surface area contributed by atoms with Gasteiger partial charge in [-0.05, 0) is 39.2 Å².